The molecule has 140 valence electrons. The average Bonchev–Trinajstić information content (AvgIpc) is 2.61. The predicted molar refractivity (Wildman–Crippen MR) is 110 cm³/mol. The number of anilines is 1. The lowest BCUT2D eigenvalue weighted by molar-refractivity contribution is 0.226. The van der Waals surface area contributed by atoms with Crippen LogP contribution in [0.15, 0.2) is 48.1 Å². The van der Waals surface area contributed by atoms with Gasteiger partial charge in [0.15, 0.2) is 0 Å². The van der Waals surface area contributed by atoms with E-state index >= 15 is 0 Å². The summed E-state index contributed by atoms with van der Waals surface area (Å²) in [5.41, 5.74) is 5.65. The van der Waals surface area contributed by atoms with Gasteiger partial charge in [0.1, 0.15) is 11.6 Å². The molecule has 4 nitrogen and oxygen atoms in total. The summed E-state index contributed by atoms with van der Waals surface area (Å²) in [6, 6.07) is 2.30. The highest BCUT2D eigenvalue weighted by Gasteiger charge is 2.21. The number of nitrogens with one attached hydrogen (secondary N) is 1. The summed E-state index contributed by atoms with van der Waals surface area (Å²) in [5.74, 6) is 1.60. The highest BCUT2D eigenvalue weighted by molar-refractivity contribution is 5.71. The maximum atomic E-state index is 5.17. The highest BCUT2D eigenvalue weighted by atomic mass is 16.5. The van der Waals surface area contributed by atoms with Gasteiger partial charge < -0.3 is 10.1 Å². The first kappa shape index (κ1) is 20.1. The van der Waals surface area contributed by atoms with Crippen molar-refractivity contribution in [1.82, 2.24) is 9.97 Å². The number of ether oxygens (including phenoxy) is 1. The summed E-state index contributed by atoms with van der Waals surface area (Å²) in [7, 11) is 1.69. The molecule has 4 heteroatoms. The molecule has 0 spiro atoms. The molecule has 2 rings (SSSR count). The van der Waals surface area contributed by atoms with Crippen LogP contribution >= 0.6 is 0 Å². The van der Waals surface area contributed by atoms with E-state index < -0.39 is 0 Å². The molecule has 26 heavy (non-hydrogen) atoms. The summed E-state index contributed by atoms with van der Waals surface area (Å²) in [5, 5.41) is 3.62. The second-order valence-corrected chi connectivity index (χ2v) is 6.83. The van der Waals surface area contributed by atoms with Gasteiger partial charge in [0, 0.05) is 19.2 Å². The molecule has 0 aromatic carbocycles. The van der Waals surface area contributed by atoms with Crippen molar-refractivity contribution >= 4 is 11.4 Å². The summed E-state index contributed by atoms with van der Waals surface area (Å²) in [6.45, 7) is 14.9. The standard InChI is InChI=1S/C22H31N3O/c1-7-18-10-9-11-20(19(18)8-2)25-22-13-21(23-17(5)24-22)16(4)12-15(3)14-26-6/h7,12-13,20H,1,4,8-11,14H2,2-3,5-6H3,(H,23,24,25). The van der Waals surface area contributed by atoms with Gasteiger partial charge in [-0.2, -0.15) is 0 Å². The Morgan fingerprint density at radius 1 is 1.42 bits per heavy atom. The zero-order valence-electron chi connectivity index (χ0n) is 16.6. The number of aryl methyl sites for hydroxylation is 1. The van der Waals surface area contributed by atoms with Crippen LogP contribution in [-0.2, 0) is 4.74 Å². The lowest BCUT2D eigenvalue weighted by Crippen LogP contribution is -2.26. The summed E-state index contributed by atoms with van der Waals surface area (Å²) in [4.78, 5) is 9.13. The third-order valence-electron chi connectivity index (χ3n) is 4.68. The van der Waals surface area contributed by atoms with Gasteiger partial charge in [-0.1, -0.05) is 32.2 Å². The van der Waals surface area contributed by atoms with Gasteiger partial charge in [0.25, 0.3) is 0 Å². The van der Waals surface area contributed by atoms with Gasteiger partial charge in [-0.3, -0.25) is 0 Å². The average molecular weight is 354 g/mol. The second-order valence-electron chi connectivity index (χ2n) is 6.83. The number of hydrogen-bond acceptors (Lipinski definition) is 4. The Morgan fingerprint density at radius 3 is 2.85 bits per heavy atom. The van der Waals surface area contributed by atoms with Gasteiger partial charge in [0.2, 0.25) is 0 Å². The molecule has 0 radical (unpaired) electrons. The Balaban J connectivity index is 2.26. The first-order valence-corrected chi connectivity index (χ1v) is 9.30. The predicted octanol–water partition coefficient (Wildman–Crippen LogP) is 5.25. The molecule has 1 N–H and O–H groups in total. The molecule has 0 fully saturated rings. The normalized spacial score (nSPS) is 18.0. The molecule has 1 aromatic rings. The molecule has 1 aromatic heterocycles. The van der Waals surface area contributed by atoms with E-state index in [1.165, 1.54) is 17.6 Å². The minimum Gasteiger partial charge on any atom is -0.380 e. The quantitative estimate of drug-likeness (QED) is 0.649. The van der Waals surface area contributed by atoms with Crippen molar-refractivity contribution in [3.05, 3.63) is 59.6 Å². The van der Waals surface area contributed by atoms with Gasteiger partial charge in [0.05, 0.1) is 12.3 Å². The first-order valence-electron chi connectivity index (χ1n) is 9.30. The Morgan fingerprint density at radius 2 is 2.19 bits per heavy atom. The lowest BCUT2D eigenvalue weighted by atomic mass is 9.86. The van der Waals surface area contributed by atoms with Crippen LogP contribution in [0.4, 0.5) is 5.82 Å². The zero-order valence-corrected chi connectivity index (χ0v) is 16.6. The number of nitrogens with zero attached hydrogens (tertiary/aromatic N) is 2. The second kappa shape index (κ2) is 9.48. The van der Waals surface area contributed by atoms with Crippen LogP contribution in [0.5, 0.6) is 0 Å². The summed E-state index contributed by atoms with van der Waals surface area (Å²) >= 11 is 0. The minimum atomic E-state index is 0.308. The van der Waals surface area contributed by atoms with Crippen LogP contribution in [0, 0.1) is 6.92 Å². The fourth-order valence-corrected chi connectivity index (χ4v) is 3.55. The molecule has 1 aliphatic rings. The van der Waals surface area contributed by atoms with E-state index in [4.69, 9.17) is 4.74 Å². The Labute approximate surface area is 157 Å². The largest absolute Gasteiger partial charge is 0.380 e. The fourth-order valence-electron chi connectivity index (χ4n) is 3.55. The molecule has 1 heterocycles. The third kappa shape index (κ3) is 5.15. The molecular weight excluding hydrogens is 322 g/mol. The number of aromatic nitrogens is 2. The SMILES string of the molecule is C=CC1=C(CC)C(Nc2cc(C(=C)C=C(C)COC)nc(C)n2)CCC1. The first-order chi connectivity index (χ1) is 12.5. The van der Waals surface area contributed by atoms with Crippen molar-refractivity contribution in [3.8, 4) is 0 Å². The van der Waals surface area contributed by atoms with Crippen molar-refractivity contribution in [3.63, 3.8) is 0 Å². The molecule has 0 amide bonds. The Kier molecular flexibility index (Phi) is 7.34. The molecule has 0 saturated heterocycles. The van der Waals surface area contributed by atoms with Gasteiger partial charge in [-0.05, 0) is 61.8 Å². The molecule has 1 aliphatic carbocycles. The number of hydrogen-bond donors (Lipinski definition) is 1. The molecule has 1 unspecified atom stereocenters. The van der Waals surface area contributed by atoms with Crippen molar-refractivity contribution in [1.29, 1.82) is 0 Å². The molecule has 0 bridgehead atoms. The minimum absolute atomic E-state index is 0.308. The van der Waals surface area contributed by atoms with Crippen molar-refractivity contribution in [2.45, 2.75) is 52.5 Å². The van der Waals surface area contributed by atoms with E-state index in [0.29, 0.717) is 12.6 Å². The van der Waals surface area contributed by atoms with Crippen molar-refractivity contribution < 1.29 is 4.74 Å². The van der Waals surface area contributed by atoms with Crippen molar-refractivity contribution in [2.24, 2.45) is 0 Å². The van der Waals surface area contributed by atoms with Crippen LogP contribution in [0.2, 0.25) is 0 Å². The molecule has 1 atom stereocenters. The third-order valence-corrected chi connectivity index (χ3v) is 4.68. The van der Waals surface area contributed by atoms with E-state index in [0.717, 1.165) is 47.7 Å². The maximum Gasteiger partial charge on any atom is 0.130 e. The zero-order chi connectivity index (χ0) is 19.1. The van der Waals surface area contributed by atoms with E-state index in [2.05, 4.69) is 35.4 Å². The summed E-state index contributed by atoms with van der Waals surface area (Å²) < 4.78 is 5.17. The number of rotatable bonds is 8. The fraction of sp³-hybridized carbons (Fsp3) is 0.455. The van der Waals surface area contributed by atoms with Crippen LogP contribution < -0.4 is 5.32 Å². The molecule has 0 saturated carbocycles. The van der Waals surface area contributed by atoms with Gasteiger partial charge in [-0.25, -0.2) is 9.97 Å². The number of allylic oxidation sites excluding steroid dienone is 4. The van der Waals surface area contributed by atoms with Crippen LogP contribution in [0.25, 0.3) is 5.57 Å². The lowest BCUT2D eigenvalue weighted by Gasteiger charge is -2.28. The van der Waals surface area contributed by atoms with E-state index in [1.807, 2.05) is 32.1 Å². The van der Waals surface area contributed by atoms with E-state index in [1.54, 1.807) is 7.11 Å². The van der Waals surface area contributed by atoms with E-state index in [-0.39, 0.29) is 0 Å². The van der Waals surface area contributed by atoms with E-state index in [9.17, 15) is 0 Å². The maximum absolute atomic E-state index is 5.17. The topological polar surface area (TPSA) is 47.0 Å². The Bertz CT molecular complexity index is 731. The Hall–Kier alpha value is -2.20. The van der Waals surface area contributed by atoms with Gasteiger partial charge >= 0.3 is 0 Å². The molecular formula is C22H31N3O. The highest BCUT2D eigenvalue weighted by Crippen LogP contribution is 2.30. The van der Waals surface area contributed by atoms with Crippen LogP contribution in [0.1, 0.15) is 51.0 Å². The van der Waals surface area contributed by atoms with Crippen LogP contribution in [0.3, 0.4) is 0 Å². The smallest absolute Gasteiger partial charge is 0.130 e. The van der Waals surface area contributed by atoms with Crippen molar-refractivity contribution in [2.75, 3.05) is 19.0 Å². The monoisotopic (exact) mass is 353 g/mol. The summed E-state index contributed by atoms with van der Waals surface area (Å²) in [6.07, 6.45) is 8.47. The number of methoxy groups -OCH3 is 1. The van der Waals surface area contributed by atoms with Crippen LogP contribution in [-0.4, -0.2) is 29.7 Å². The van der Waals surface area contributed by atoms with Gasteiger partial charge in [-0.15, -0.1) is 0 Å². The molecule has 0 aliphatic heterocycles.